The summed E-state index contributed by atoms with van der Waals surface area (Å²) in [6, 6.07) is 6.18. The van der Waals surface area contributed by atoms with Crippen molar-refractivity contribution in [3.8, 4) is 0 Å². The number of methoxy groups -OCH3 is 1. The van der Waals surface area contributed by atoms with E-state index in [4.69, 9.17) is 9.47 Å². The molecule has 2 aliphatic rings. The van der Waals surface area contributed by atoms with E-state index in [-0.39, 0.29) is 23.9 Å². The Bertz CT molecular complexity index is 495. The average molecular weight is 309 g/mol. The number of fused-ring (bicyclic) bond motifs is 1. The minimum atomic E-state index is -0.895. The highest BCUT2D eigenvalue weighted by molar-refractivity contribution is 5.45. The number of halogens is 1. The maximum absolute atomic E-state index is 13.0. The number of hydrogen-bond donors (Lipinski definition) is 2. The van der Waals surface area contributed by atoms with Gasteiger partial charge in [-0.05, 0) is 49.9 Å². The molecule has 22 heavy (non-hydrogen) atoms. The fourth-order valence-corrected chi connectivity index (χ4v) is 3.88. The third-order valence-electron chi connectivity index (χ3n) is 4.94. The summed E-state index contributed by atoms with van der Waals surface area (Å²) in [5.74, 6) is -0.0338. The summed E-state index contributed by atoms with van der Waals surface area (Å²) < 4.78 is 24.2. The van der Waals surface area contributed by atoms with Gasteiger partial charge in [0, 0.05) is 25.3 Å². The first kappa shape index (κ1) is 15.7. The van der Waals surface area contributed by atoms with Gasteiger partial charge in [0.15, 0.2) is 0 Å². The Balaban J connectivity index is 1.78. The highest BCUT2D eigenvalue weighted by atomic mass is 19.1. The Kier molecular flexibility index (Phi) is 4.66. The molecule has 0 spiro atoms. The van der Waals surface area contributed by atoms with Gasteiger partial charge in [-0.1, -0.05) is 0 Å². The van der Waals surface area contributed by atoms with Crippen LogP contribution in [-0.4, -0.2) is 43.2 Å². The molecule has 1 saturated heterocycles. The van der Waals surface area contributed by atoms with Crippen LogP contribution in [0.4, 0.5) is 10.1 Å². The SMILES string of the molecule is COC[C@@H]1CCC(Nc2ccc(F)cc2)C2(O)CCCO[C@H]12. The van der Waals surface area contributed by atoms with E-state index in [1.54, 1.807) is 19.2 Å². The van der Waals surface area contributed by atoms with E-state index >= 15 is 0 Å². The van der Waals surface area contributed by atoms with Gasteiger partial charge < -0.3 is 19.9 Å². The summed E-state index contributed by atoms with van der Waals surface area (Å²) in [5, 5.41) is 14.6. The van der Waals surface area contributed by atoms with Gasteiger partial charge in [-0.15, -0.1) is 0 Å². The lowest BCUT2D eigenvalue weighted by Crippen LogP contribution is -2.64. The standard InChI is InChI=1S/C17H24FNO3/c1-21-11-12-3-8-15(17(20)9-2-10-22-16(12)17)19-14-6-4-13(18)5-7-14/h4-7,12,15-16,19-20H,2-3,8-11H2,1H3/t12-,15?,16+,17?/m0/s1. The number of ether oxygens (including phenoxy) is 2. The smallest absolute Gasteiger partial charge is 0.123 e. The van der Waals surface area contributed by atoms with Gasteiger partial charge in [0.1, 0.15) is 11.4 Å². The van der Waals surface area contributed by atoms with Gasteiger partial charge in [0.25, 0.3) is 0 Å². The second-order valence-electron chi connectivity index (χ2n) is 6.38. The molecule has 1 aromatic carbocycles. The zero-order valence-electron chi connectivity index (χ0n) is 12.9. The van der Waals surface area contributed by atoms with Gasteiger partial charge in [0.05, 0.1) is 18.8 Å². The molecule has 4 nitrogen and oxygen atoms in total. The molecule has 0 amide bonds. The minimum Gasteiger partial charge on any atom is -0.385 e. The monoisotopic (exact) mass is 309 g/mol. The topological polar surface area (TPSA) is 50.7 Å². The van der Waals surface area contributed by atoms with Crippen LogP contribution in [0.2, 0.25) is 0 Å². The van der Waals surface area contributed by atoms with Crippen molar-refractivity contribution in [1.82, 2.24) is 0 Å². The molecule has 3 rings (SSSR count). The van der Waals surface area contributed by atoms with Crippen molar-refractivity contribution in [2.24, 2.45) is 5.92 Å². The van der Waals surface area contributed by atoms with E-state index in [0.717, 1.165) is 31.4 Å². The van der Waals surface area contributed by atoms with Crippen LogP contribution in [0.15, 0.2) is 24.3 Å². The first-order chi connectivity index (χ1) is 10.6. The molecule has 4 atom stereocenters. The highest BCUT2D eigenvalue weighted by Crippen LogP contribution is 2.42. The first-order valence-corrected chi connectivity index (χ1v) is 7.98. The minimum absolute atomic E-state index is 0.0867. The van der Waals surface area contributed by atoms with E-state index in [0.29, 0.717) is 13.2 Å². The number of anilines is 1. The summed E-state index contributed by atoms with van der Waals surface area (Å²) >= 11 is 0. The summed E-state index contributed by atoms with van der Waals surface area (Å²) in [6.45, 7) is 1.30. The Hall–Kier alpha value is -1.17. The summed E-state index contributed by atoms with van der Waals surface area (Å²) in [6.07, 6.45) is 3.17. The molecule has 1 aliphatic carbocycles. The van der Waals surface area contributed by atoms with E-state index in [2.05, 4.69) is 5.32 Å². The lowest BCUT2D eigenvalue weighted by molar-refractivity contribution is -0.196. The molecule has 2 unspecified atom stereocenters. The highest BCUT2D eigenvalue weighted by Gasteiger charge is 2.52. The van der Waals surface area contributed by atoms with E-state index in [1.807, 2.05) is 0 Å². The quantitative estimate of drug-likeness (QED) is 0.897. The Morgan fingerprint density at radius 1 is 1.36 bits per heavy atom. The van der Waals surface area contributed by atoms with Crippen molar-refractivity contribution >= 4 is 5.69 Å². The van der Waals surface area contributed by atoms with Crippen LogP contribution in [0.3, 0.4) is 0 Å². The molecule has 0 radical (unpaired) electrons. The maximum Gasteiger partial charge on any atom is 0.123 e. The number of aliphatic hydroxyl groups is 1. The van der Waals surface area contributed by atoms with Crippen molar-refractivity contribution in [1.29, 1.82) is 0 Å². The van der Waals surface area contributed by atoms with Crippen LogP contribution in [0.5, 0.6) is 0 Å². The van der Waals surface area contributed by atoms with Crippen LogP contribution in [-0.2, 0) is 9.47 Å². The summed E-state index contributed by atoms with van der Waals surface area (Å²) in [5.41, 5.74) is -0.0667. The predicted octanol–water partition coefficient (Wildman–Crippen LogP) is 2.57. The molecule has 0 bridgehead atoms. The normalized spacial score (nSPS) is 35.0. The van der Waals surface area contributed by atoms with Crippen LogP contribution >= 0.6 is 0 Å². The maximum atomic E-state index is 13.0. The molecule has 122 valence electrons. The van der Waals surface area contributed by atoms with Crippen LogP contribution < -0.4 is 5.32 Å². The van der Waals surface area contributed by atoms with Crippen molar-refractivity contribution in [2.45, 2.75) is 43.4 Å². The molecular formula is C17H24FNO3. The van der Waals surface area contributed by atoms with Gasteiger partial charge in [0.2, 0.25) is 0 Å². The third-order valence-corrected chi connectivity index (χ3v) is 4.94. The van der Waals surface area contributed by atoms with Crippen LogP contribution in [0.1, 0.15) is 25.7 Å². The van der Waals surface area contributed by atoms with Crippen LogP contribution in [0, 0.1) is 11.7 Å². The van der Waals surface area contributed by atoms with Gasteiger partial charge in [-0.25, -0.2) is 4.39 Å². The fourth-order valence-electron chi connectivity index (χ4n) is 3.88. The largest absolute Gasteiger partial charge is 0.385 e. The lowest BCUT2D eigenvalue weighted by atomic mass is 9.69. The first-order valence-electron chi connectivity index (χ1n) is 7.98. The van der Waals surface area contributed by atoms with Gasteiger partial charge >= 0.3 is 0 Å². The third kappa shape index (κ3) is 2.98. The Labute approximate surface area is 130 Å². The zero-order chi connectivity index (χ0) is 15.6. The number of hydrogen-bond acceptors (Lipinski definition) is 4. The summed E-state index contributed by atoms with van der Waals surface area (Å²) in [4.78, 5) is 0. The molecule has 5 heteroatoms. The average Bonchev–Trinajstić information content (AvgIpc) is 2.52. The molecule has 2 fully saturated rings. The zero-order valence-corrected chi connectivity index (χ0v) is 12.9. The van der Waals surface area contributed by atoms with Crippen molar-refractivity contribution < 1.29 is 19.0 Å². The van der Waals surface area contributed by atoms with Crippen LogP contribution in [0.25, 0.3) is 0 Å². The lowest BCUT2D eigenvalue weighted by Gasteiger charge is -2.51. The van der Waals surface area contributed by atoms with Crippen molar-refractivity contribution in [3.05, 3.63) is 30.1 Å². The van der Waals surface area contributed by atoms with E-state index in [1.165, 1.54) is 12.1 Å². The molecule has 1 aliphatic heterocycles. The molecule has 1 aromatic rings. The fraction of sp³-hybridized carbons (Fsp3) is 0.647. The Morgan fingerprint density at radius 3 is 2.86 bits per heavy atom. The molecule has 0 aromatic heterocycles. The molecule has 1 saturated carbocycles. The van der Waals surface area contributed by atoms with Crippen molar-refractivity contribution in [2.75, 3.05) is 25.6 Å². The van der Waals surface area contributed by atoms with E-state index < -0.39 is 5.60 Å². The molecule has 2 N–H and O–H groups in total. The number of rotatable bonds is 4. The van der Waals surface area contributed by atoms with Crippen molar-refractivity contribution in [3.63, 3.8) is 0 Å². The van der Waals surface area contributed by atoms with Gasteiger partial charge in [-0.3, -0.25) is 0 Å². The predicted molar refractivity (Wildman–Crippen MR) is 82.3 cm³/mol. The Morgan fingerprint density at radius 2 is 2.14 bits per heavy atom. The summed E-state index contributed by atoms with van der Waals surface area (Å²) in [7, 11) is 1.69. The number of nitrogens with one attached hydrogen (secondary N) is 1. The second-order valence-corrected chi connectivity index (χ2v) is 6.38. The second kappa shape index (κ2) is 6.52. The molecular weight excluding hydrogens is 285 g/mol. The molecule has 1 heterocycles. The van der Waals surface area contributed by atoms with Gasteiger partial charge in [-0.2, -0.15) is 0 Å². The number of benzene rings is 1. The van der Waals surface area contributed by atoms with E-state index in [9.17, 15) is 9.50 Å².